The molecular formula is C15H20N2O3S. The minimum atomic E-state index is -3.45. The third kappa shape index (κ3) is 3.91. The third-order valence-electron chi connectivity index (χ3n) is 3.25. The Balaban J connectivity index is 2.20. The maximum absolute atomic E-state index is 12.4. The van der Waals surface area contributed by atoms with Gasteiger partial charge < -0.3 is 4.52 Å². The number of benzene rings is 1. The lowest BCUT2D eigenvalue weighted by molar-refractivity contribution is 0.359. The van der Waals surface area contributed by atoms with E-state index in [2.05, 4.69) is 10.1 Å². The van der Waals surface area contributed by atoms with Crippen molar-refractivity contribution in [2.24, 2.45) is 5.92 Å². The van der Waals surface area contributed by atoms with Crippen LogP contribution < -0.4 is 0 Å². The second kappa shape index (κ2) is 5.97. The predicted molar refractivity (Wildman–Crippen MR) is 79.6 cm³/mol. The lowest BCUT2D eigenvalue weighted by atomic mass is 10.1. The Morgan fingerprint density at radius 1 is 1.19 bits per heavy atom. The van der Waals surface area contributed by atoms with E-state index in [9.17, 15) is 8.42 Å². The van der Waals surface area contributed by atoms with Crippen LogP contribution >= 0.6 is 0 Å². The molecule has 0 aliphatic rings. The summed E-state index contributed by atoms with van der Waals surface area (Å²) in [6, 6.07) is 5.11. The van der Waals surface area contributed by atoms with Crippen LogP contribution in [0, 0.1) is 19.8 Å². The van der Waals surface area contributed by atoms with E-state index >= 15 is 0 Å². The van der Waals surface area contributed by atoms with Gasteiger partial charge in [-0.25, -0.2) is 8.42 Å². The van der Waals surface area contributed by atoms with E-state index in [0.29, 0.717) is 23.1 Å². The number of aromatic nitrogens is 2. The molecule has 21 heavy (non-hydrogen) atoms. The second-order valence-electron chi connectivity index (χ2n) is 5.71. The molecule has 0 atom stereocenters. The van der Waals surface area contributed by atoms with Crippen LogP contribution in [0.3, 0.4) is 0 Å². The monoisotopic (exact) mass is 308 g/mol. The summed E-state index contributed by atoms with van der Waals surface area (Å²) in [7, 11) is -3.45. The van der Waals surface area contributed by atoms with Gasteiger partial charge >= 0.3 is 0 Å². The molecule has 0 saturated carbocycles. The molecule has 0 amide bonds. The normalized spacial score (nSPS) is 12.0. The molecule has 114 valence electrons. The molecule has 0 bridgehead atoms. The van der Waals surface area contributed by atoms with Crippen molar-refractivity contribution in [2.75, 3.05) is 0 Å². The maximum Gasteiger partial charge on any atom is 0.226 e. The van der Waals surface area contributed by atoms with Gasteiger partial charge in [0.05, 0.1) is 4.90 Å². The number of hydrogen-bond donors (Lipinski definition) is 0. The summed E-state index contributed by atoms with van der Waals surface area (Å²) in [6.45, 7) is 7.91. The van der Waals surface area contributed by atoms with Gasteiger partial charge in [0.2, 0.25) is 5.89 Å². The summed E-state index contributed by atoms with van der Waals surface area (Å²) in [4.78, 5) is 4.44. The van der Waals surface area contributed by atoms with Gasteiger partial charge in [0, 0.05) is 6.42 Å². The Kier molecular flexibility index (Phi) is 4.46. The fourth-order valence-electron chi connectivity index (χ4n) is 1.94. The average molecular weight is 308 g/mol. The van der Waals surface area contributed by atoms with Gasteiger partial charge in [-0.3, -0.25) is 0 Å². The molecule has 5 nitrogen and oxygen atoms in total. The highest BCUT2D eigenvalue weighted by Crippen LogP contribution is 2.19. The van der Waals surface area contributed by atoms with Crippen molar-refractivity contribution in [3.63, 3.8) is 0 Å². The summed E-state index contributed by atoms with van der Waals surface area (Å²) in [5.41, 5.74) is 2.01. The second-order valence-corrected chi connectivity index (χ2v) is 7.70. The molecule has 0 radical (unpaired) electrons. The lowest BCUT2D eigenvalue weighted by Crippen LogP contribution is -2.07. The fourth-order valence-corrected chi connectivity index (χ4v) is 3.20. The van der Waals surface area contributed by atoms with E-state index in [1.54, 1.807) is 12.1 Å². The van der Waals surface area contributed by atoms with Crippen LogP contribution in [0.15, 0.2) is 27.6 Å². The van der Waals surface area contributed by atoms with Crippen molar-refractivity contribution in [2.45, 2.75) is 44.8 Å². The standard InChI is InChI=1S/C15H20N2O3S/c1-10(2)7-15-16-14(17-20-15)9-21(18,19)13-6-5-11(3)12(4)8-13/h5-6,8,10H,7,9H2,1-4H3. The zero-order chi connectivity index (χ0) is 15.6. The van der Waals surface area contributed by atoms with Gasteiger partial charge in [-0.2, -0.15) is 4.98 Å². The molecule has 0 aliphatic heterocycles. The molecule has 0 unspecified atom stereocenters. The van der Waals surface area contributed by atoms with Crippen LogP contribution in [0.5, 0.6) is 0 Å². The van der Waals surface area contributed by atoms with E-state index < -0.39 is 9.84 Å². The minimum absolute atomic E-state index is 0.212. The third-order valence-corrected chi connectivity index (χ3v) is 4.86. The molecule has 0 aliphatic carbocycles. The van der Waals surface area contributed by atoms with Crippen LogP contribution in [0.1, 0.15) is 36.7 Å². The molecule has 0 saturated heterocycles. The van der Waals surface area contributed by atoms with Crippen LogP contribution in [0.4, 0.5) is 0 Å². The van der Waals surface area contributed by atoms with E-state index in [-0.39, 0.29) is 11.6 Å². The Hall–Kier alpha value is -1.69. The minimum Gasteiger partial charge on any atom is -0.339 e. The highest BCUT2D eigenvalue weighted by molar-refractivity contribution is 7.90. The average Bonchev–Trinajstić information content (AvgIpc) is 2.78. The summed E-state index contributed by atoms with van der Waals surface area (Å²) in [5.74, 6) is 0.839. The zero-order valence-corrected chi connectivity index (χ0v) is 13.6. The molecule has 1 aromatic carbocycles. The van der Waals surface area contributed by atoms with E-state index in [1.165, 1.54) is 0 Å². The molecule has 6 heteroatoms. The SMILES string of the molecule is Cc1ccc(S(=O)(=O)Cc2noc(CC(C)C)n2)cc1C. The molecule has 1 aromatic heterocycles. The topological polar surface area (TPSA) is 73.1 Å². The van der Waals surface area contributed by atoms with Crippen molar-refractivity contribution in [3.8, 4) is 0 Å². The summed E-state index contributed by atoms with van der Waals surface area (Å²) in [6.07, 6.45) is 0.649. The van der Waals surface area contributed by atoms with Crippen molar-refractivity contribution in [1.29, 1.82) is 0 Å². The van der Waals surface area contributed by atoms with Crippen LogP contribution in [-0.2, 0) is 22.0 Å². The first-order valence-corrected chi connectivity index (χ1v) is 8.54. The van der Waals surface area contributed by atoms with Crippen LogP contribution in [0.25, 0.3) is 0 Å². The maximum atomic E-state index is 12.4. The number of aryl methyl sites for hydroxylation is 2. The molecule has 0 spiro atoms. The van der Waals surface area contributed by atoms with Gasteiger partial charge in [0.1, 0.15) is 5.75 Å². The van der Waals surface area contributed by atoms with E-state index in [0.717, 1.165) is 11.1 Å². The number of hydrogen-bond acceptors (Lipinski definition) is 5. The van der Waals surface area contributed by atoms with Crippen molar-refractivity contribution < 1.29 is 12.9 Å². The first-order valence-electron chi connectivity index (χ1n) is 6.89. The quantitative estimate of drug-likeness (QED) is 0.849. The van der Waals surface area contributed by atoms with Gasteiger partial charge in [-0.05, 0) is 43.0 Å². The first-order chi connectivity index (χ1) is 9.78. The number of nitrogens with zero attached hydrogens (tertiary/aromatic N) is 2. The van der Waals surface area contributed by atoms with E-state index in [4.69, 9.17) is 4.52 Å². The Morgan fingerprint density at radius 3 is 2.52 bits per heavy atom. The van der Waals surface area contributed by atoms with Gasteiger partial charge in [-0.15, -0.1) is 0 Å². The summed E-state index contributed by atoms with van der Waals surface area (Å²) < 4.78 is 29.8. The Labute approximate surface area is 125 Å². The largest absolute Gasteiger partial charge is 0.339 e. The Morgan fingerprint density at radius 2 is 1.90 bits per heavy atom. The number of sulfone groups is 1. The molecule has 2 aromatic rings. The van der Waals surface area contributed by atoms with Crippen molar-refractivity contribution >= 4 is 9.84 Å². The first kappa shape index (κ1) is 15.7. The fraction of sp³-hybridized carbons (Fsp3) is 0.467. The summed E-state index contributed by atoms with van der Waals surface area (Å²) >= 11 is 0. The molecule has 1 heterocycles. The van der Waals surface area contributed by atoms with Crippen molar-refractivity contribution in [3.05, 3.63) is 41.0 Å². The Bertz CT molecular complexity index is 733. The molecule has 2 rings (SSSR count). The lowest BCUT2D eigenvalue weighted by Gasteiger charge is -2.05. The highest BCUT2D eigenvalue weighted by atomic mass is 32.2. The number of rotatable bonds is 5. The van der Waals surface area contributed by atoms with Crippen molar-refractivity contribution in [1.82, 2.24) is 10.1 Å². The van der Waals surface area contributed by atoms with E-state index in [1.807, 2.05) is 33.8 Å². The zero-order valence-electron chi connectivity index (χ0n) is 12.8. The highest BCUT2D eigenvalue weighted by Gasteiger charge is 2.20. The van der Waals surface area contributed by atoms with Gasteiger partial charge in [-0.1, -0.05) is 25.1 Å². The smallest absolute Gasteiger partial charge is 0.226 e. The summed E-state index contributed by atoms with van der Waals surface area (Å²) in [5, 5.41) is 3.75. The molecule has 0 fully saturated rings. The van der Waals surface area contributed by atoms with Crippen LogP contribution in [-0.4, -0.2) is 18.6 Å². The predicted octanol–water partition coefficient (Wildman–Crippen LogP) is 2.86. The molecular weight excluding hydrogens is 288 g/mol. The van der Waals surface area contributed by atoms with Gasteiger partial charge in [0.15, 0.2) is 15.7 Å². The molecule has 0 N–H and O–H groups in total. The van der Waals surface area contributed by atoms with Crippen LogP contribution in [0.2, 0.25) is 0 Å². The van der Waals surface area contributed by atoms with Gasteiger partial charge in [0.25, 0.3) is 0 Å².